The van der Waals surface area contributed by atoms with E-state index < -0.39 is 5.97 Å². The molecule has 0 aliphatic carbocycles. The topological polar surface area (TPSA) is 97.6 Å². The Bertz CT molecular complexity index is 1120. The lowest BCUT2D eigenvalue weighted by Crippen LogP contribution is -2.21. The normalized spacial score (nSPS) is 10.4. The molecule has 160 valence electrons. The number of nitrogen functional groups attached to an aromatic ring is 1. The first-order valence-corrected chi connectivity index (χ1v) is 9.62. The Morgan fingerprint density at radius 1 is 1.03 bits per heavy atom. The Morgan fingerprint density at radius 3 is 2.29 bits per heavy atom. The molecule has 0 aliphatic heterocycles. The number of nitrogens with zero attached hydrogens (tertiary/aromatic N) is 1. The third-order valence-corrected chi connectivity index (χ3v) is 4.90. The molecule has 1 heterocycles. The van der Waals surface area contributed by atoms with Gasteiger partial charge in [0, 0.05) is 12.2 Å². The number of carbonyl (C=O) groups excluding carboxylic acids is 2. The zero-order valence-electron chi connectivity index (χ0n) is 17.8. The number of aromatic amines is 1. The molecular weight excluding hydrogens is 394 g/mol. The van der Waals surface area contributed by atoms with Crippen LogP contribution in [0.15, 0.2) is 66.9 Å². The van der Waals surface area contributed by atoms with Crippen LogP contribution in [0, 0.1) is 0 Å². The zero-order chi connectivity index (χ0) is 22.5. The van der Waals surface area contributed by atoms with Gasteiger partial charge in [0.25, 0.3) is 0 Å². The predicted octanol–water partition coefficient (Wildman–Crippen LogP) is 4.38. The molecule has 0 saturated heterocycles. The number of rotatable bonds is 7. The first kappa shape index (κ1) is 21.7. The maximum absolute atomic E-state index is 12.1. The van der Waals surface area contributed by atoms with Crippen LogP contribution in [0.3, 0.4) is 0 Å². The highest BCUT2D eigenvalue weighted by Gasteiger charge is 2.19. The average Bonchev–Trinajstić information content (AvgIpc) is 3.17. The summed E-state index contributed by atoms with van der Waals surface area (Å²) in [5.41, 5.74) is 10.8. The first-order valence-electron chi connectivity index (χ1n) is 9.62. The Hall–Kier alpha value is -4.00. The van der Waals surface area contributed by atoms with Crippen LogP contribution in [0.5, 0.6) is 0 Å². The second kappa shape index (κ2) is 9.21. The minimum absolute atomic E-state index is 0.274. The molecule has 7 nitrogen and oxygen atoms in total. The van der Waals surface area contributed by atoms with Gasteiger partial charge in [0.05, 0.1) is 25.5 Å². The van der Waals surface area contributed by atoms with Crippen LogP contribution in [-0.2, 0) is 16.0 Å². The van der Waals surface area contributed by atoms with E-state index in [-0.39, 0.29) is 11.7 Å². The number of H-pyrrole nitrogens is 1. The minimum atomic E-state index is -0.492. The standard InChI is InChI=1S/C24H25N3O4/c1-15(2)27(22-20(25)13-21(26-22)24(29)31-4)14-16-9-11-17(12-10-16)18-7-5-6-8-19(18)23(28)30-3/h5-13,26H,1,14,25H2,2-4H3. The van der Waals surface area contributed by atoms with Gasteiger partial charge in [0.1, 0.15) is 11.5 Å². The summed E-state index contributed by atoms with van der Waals surface area (Å²) < 4.78 is 9.64. The molecule has 0 bridgehead atoms. The lowest BCUT2D eigenvalue weighted by molar-refractivity contribution is 0.0589. The number of allylic oxidation sites excluding steroid dienone is 1. The van der Waals surface area contributed by atoms with Gasteiger partial charge >= 0.3 is 11.9 Å². The Labute approximate surface area is 181 Å². The molecular formula is C24H25N3O4. The molecule has 0 saturated carbocycles. The largest absolute Gasteiger partial charge is 0.465 e. The number of carbonyl (C=O) groups is 2. The van der Waals surface area contributed by atoms with Gasteiger partial charge in [0.2, 0.25) is 0 Å². The molecule has 2 aromatic carbocycles. The van der Waals surface area contributed by atoms with Crippen LogP contribution in [0.4, 0.5) is 11.5 Å². The third-order valence-electron chi connectivity index (χ3n) is 4.90. The van der Waals surface area contributed by atoms with Crippen molar-refractivity contribution in [1.82, 2.24) is 4.98 Å². The summed E-state index contributed by atoms with van der Waals surface area (Å²) in [5, 5.41) is 0. The fraction of sp³-hybridized carbons (Fsp3) is 0.167. The van der Waals surface area contributed by atoms with E-state index >= 15 is 0 Å². The lowest BCUT2D eigenvalue weighted by Gasteiger charge is -2.24. The van der Waals surface area contributed by atoms with Gasteiger partial charge in [-0.05, 0) is 35.7 Å². The van der Waals surface area contributed by atoms with Crippen LogP contribution in [0.2, 0.25) is 0 Å². The molecule has 0 fully saturated rings. The van der Waals surface area contributed by atoms with Gasteiger partial charge in [-0.2, -0.15) is 0 Å². The van der Waals surface area contributed by atoms with Gasteiger partial charge in [-0.15, -0.1) is 0 Å². The number of aromatic nitrogens is 1. The van der Waals surface area contributed by atoms with Crippen LogP contribution in [-0.4, -0.2) is 31.1 Å². The summed E-state index contributed by atoms with van der Waals surface area (Å²) >= 11 is 0. The van der Waals surface area contributed by atoms with Crippen molar-refractivity contribution in [3.8, 4) is 11.1 Å². The fourth-order valence-corrected chi connectivity index (χ4v) is 3.30. The zero-order valence-corrected chi connectivity index (χ0v) is 17.8. The van der Waals surface area contributed by atoms with Crippen molar-refractivity contribution >= 4 is 23.4 Å². The second-order valence-corrected chi connectivity index (χ2v) is 7.03. The van der Waals surface area contributed by atoms with Crippen molar-refractivity contribution in [3.05, 3.63) is 83.7 Å². The van der Waals surface area contributed by atoms with Gasteiger partial charge in [-0.25, -0.2) is 9.59 Å². The number of esters is 2. The first-order chi connectivity index (χ1) is 14.8. The Kier molecular flexibility index (Phi) is 6.45. The molecule has 3 aromatic rings. The third kappa shape index (κ3) is 4.61. The van der Waals surface area contributed by atoms with E-state index in [1.54, 1.807) is 18.2 Å². The SMILES string of the molecule is C=C(C)N(Cc1ccc(-c2ccccc2C(=O)OC)cc1)c1[nH]c(C(=O)OC)cc1N. The minimum Gasteiger partial charge on any atom is -0.465 e. The van der Waals surface area contributed by atoms with Crippen molar-refractivity contribution in [3.63, 3.8) is 0 Å². The highest BCUT2D eigenvalue weighted by Crippen LogP contribution is 2.29. The van der Waals surface area contributed by atoms with Gasteiger partial charge in [0.15, 0.2) is 0 Å². The molecule has 0 atom stereocenters. The van der Waals surface area contributed by atoms with Gasteiger partial charge in [-0.1, -0.05) is 49.0 Å². The second-order valence-electron chi connectivity index (χ2n) is 7.03. The van der Waals surface area contributed by atoms with E-state index in [9.17, 15) is 9.59 Å². The molecule has 0 spiro atoms. The number of ether oxygens (including phenoxy) is 2. The van der Waals surface area contributed by atoms with Crippen molar-refractivity contribution in [2.24, 2.45) is 0 Å². The van der Waals surface area contributed by atoms with E-state index in [1.165, 1.54) is 14.2 Å². The highest BCUT2D eigenvalue weighted by atomic mass is 16.5. The molecule has 3 N–H and O–H groups in total. The molecule has 0 radical (unpaired) electrons. The van der Waals surface area contributed by atoms with Crippen molar-refractivity contribution in [2.45, 2.75) is 13.5 Å². The van der Waals surface area contributed by atoms with Crippen molar-refractivity contribution in [1.29, 1.82) is 0 Å². The average molecular weight is 419 g/mol. The van der Waals surface area contributed by atoms with Gasteiger partial charge in [-0.3, -0.25) is 0 Å². The summed E-state index contributed by atoms with van der Waals surface area (Å²) in [6, 6.07) is 16.7. The van der Waals surface area contributed by atoms with Crippen LogP contribution in [0.1, 0.15) is 33.3 Å². The smallest absolute Gasteiger partial charge is 0.354 e. The monoisotopic (exact) mass is 419 g/mol. The molecule has 1 aromatic heterocycles. The number of nitrogens with two attached hydrogens (primary N) is 1. The summed E-state index contributed by atoms with van der Waals surface area (Å²) in [6.45, 7) is 6.38. The lowest BCUT2D eigenvalue weighted by atomic mass is 9.98. The molecule has 7 heteroatoms. The summed E-state index contributed by atoms with van der Waals surface area (Å²) in [6.07, 6.45) is 0. The fourth-order valence-electron chi connectivity index (χ4n) is 3.30. The Balaban J connectivity index is 1.88. The molecule has 31 heavy (non-hydrogen) atoms. The van der Waals surface area contributed by atoms with Crippen LogP contribution in [0.25, 0.3) is 11.1 Å². The highest BCUT2D eigenvalue weighted by molar-refractivity contribution is 5.97. The van der Waals surface area contributed by atoms with E-state index in [0.29, 0.717) is 23.6 Å². The molecule has 3 rings (SSSR count). The van der Waals surface area contributed by atoms with Gasteiger partial charge < -0.3 is 25.1 Å². The maximum atomic E-state index is 12.1. The molecule has 0 unspecified atom stereocenters. The number of benzene rings is 2. The molecule has 0 aliphatic rings. The summed E-state index contributed by atoms with van der Waals surface area (Å²) in [4.78, 5) is 28.8. The van der Waals surface area contributed by atoms with Crippen molar-refractivity contribution in [2.75, 3.05) is 24.9 Å². The van der Waals surface area contributed by atoms with E-state index in [4.69, 9.17) is 15.2 Å². The quantitative estimate of drug-likeness (QED) is 0.552. The summed E-state index contributed by atoms with van der Waals surface area (Å²) in [7, 11) is 2.68. The van der Waals surface area contributed by atoms with Crippen molar-refractivity contribution < 1.29 is 19.1 Å². The number of hydrogen-bond acceptors (Lipinski definition) is 6. The number of anilines is 2. The number of methoxy groups -OCH3 is 2. The van der Waals surface area contributed by atoms with Crippen LogP contribution >= 0.6 is 0 Å². The maximum Gasteiger partial charge on any atom is 0.354 e. The van der Waals surface area contributed by atoms with E-state index in [0.717, 1.165) is 22.4 Å². The molecule has 0 amide bonds. The van der Waals surface area contributed by atoms with E-state index in [2.05, 4.69) is 11.6 Å². The summed E-state index contributed by atoms with van der Waals surface area (Å²) in [5.74, 6) is -0.294. The Morgan fingerprint density at radius 2 is 1.68 bits per heavy atom. The number of nitrogens with one attached hydrogen (secondary N) is 1. The number of hydrogen-bond donors (Lipinski definition) is 2. The van der Waals surface area contributed by atoms with Crippen LogP contribution < -0.4 is 10.6 Å². The van der Waals surface area contributed by atoms with E-state index in [1.807, 2.05) is 48.2 Å². The predicted molar refractivity (Wildman–Crippen MR) is 121 cm³/mol.